The first kappa shape index (κ1) is 19.0. The molecule has 0 radical (unpaired) electrons. The lowest BCUT2D eigenvalue weighted by Crippen LogP contribution is -2.39. The van der Waals surface area contributed by atoms with Crippen LogP contribution in [-0.2, 0) is 4.74 Å². The third kappa shape index (κ3) is 8.21. The second kappa shape index (κ2) is 12.5. The van der Waals surface area contributed by atoms with E-state index in [2.05, 4.69) is 26.1 Å². The maximum absolute atomic E-state index is 5.77. The molecule has 3 atom stereocenters. The predicted molar refractivity (Wildman–Crippen MR) is 92.8 cm³/mol. The molecule has 0 spiro atoms. The van der Waals surface area contributed by atoms with Crippen LogP contribution in [0.4, 0.5) is 0 Å². The Bertz CT molecular complexity index is 232. The van der Waals surface area contributed by atoms with Gasteiger partial charge >= 0.3 is 0 Å². The van der Waals surface area contributed by atoms with Gasteiger partial charge in [0.15, 0.2) is 0 Å². The van der Waals surface area contributed by atoms with Gasteiger partial charge in [-0.1, -0.05) is 65.2 Å². The van der Waals surface area contributed by atoms with E-state index in [9.17, 15) is 0 Å². The van der Waals surface area contributed by atoms with Crippen LogP contribution in [0, 0.1) is 5.92 Å². The van der Waals surface area contributed by atoms with Crippen LogP contribution in [0.5, 0.6) is 0 Å². The first-order chi connectivity index (χ1) is 10.3. The van der Waals surface area contributed by atoms with E-state index in [0.717, 1.165) is 19.1 Å². The highest BCUT2D eigenvalue weighted by Crippen LogP contribution is 2.27. The minimum absolute atomic E-state index is 0.452. The normalized spacial score (nSPS) is 23.6. The number of hydrogen-bond acceptors (Lipinski definition) is 2. The molecule has 0 aliphatic carbocycles. The highest BCUT2D eigenvalue weighted by molar-refractivity contribution is 4.84. The molecule has 1 aliphatic heterocycles. The zero-order valence-electron chi connectivity index (χ0n) is 14.8. The molecule has 0 aromatic carbocycles. The Balaban J connectivity index is 2.11. The number of nitrogens with one attached hydrogen (secondary N) is 1. The van der Waals surface area contributed by atoms with Crippen LogP contribution in [0.1, 0.15) is 91.4 Å². The van der Waals surface area contributed by atoms with Crippen molar-refractivity contribution in [1.29, 1.82) is 0 Å². The van der Waals surface area contributed by atoms with Crippen LogP contribution in [0.2, 0.25) is 0 Å². The van der Waals surface area contributed by atoms with Crippen molar-refractivity contribution in [2.45, 2.75) is 104 Å². The molecule has 21 heavy (non-hydrogen) atoms. The van der Waals surface area contributed by atoms with Crippen molar-refractivity contribution in [2.24, 2.45) is 5.92 Å². The van der Waals surface area contributed by atoms with E-state index in [1.165, 1.54) is 70.6 Å². The van der Waals surface area contributed by atoms with Gasteiger partial charge in [-0.25, -0.2) is 0 Å². The highest BCUT2D eigenvalue weighted by Gasteiger charge is 2.30. The zero-order valence-corrected chi connectivity index (χ0v) is 14.8. The Kier molecular flexibility index (Phi) is 11.3. The summed E-state index contributed by atoms with van der Waals surface area (Å²) in [6.07, 6.45) is 15.6. The maximum atomic E-state index is 5.77. The van der Waals surface area contributed by atoms with Crippen molar-refractivity contribution in [3.05, 3.63) is 0 Å². The van der Waals surface area contributed by atoms with Crippen molar-refractivity contribution < 1.29 is 4.74 Å². The van der Waals surface area contributed by atoms with Crippen LogP contribution in [0.25, 0.3) is 0 Å². The van der Waals surface area contributed by atoms with E-state index in [1.54, 1.807) is 0 Å². The van der Waals surface area contributed by atoms with Crippen molar-refractivity contribution in [1.82, 2.24) is 5.32 Å². The summed E-state index contributed by atoms with van der Waals surface area (Å²) in [6, 6.07) is 0.683. The summed E-state index contributed by atoms with van der Waals surface area (Å²) in [7, 11) is 0. The molecule has 1 N–H and O–H groups in total. The number of ether oxygens (including phenoxy) is 1. The van der Waals surface area contributed by atoms with E-state index < -0.39 is 0 Å². The molecule has 0 aromatic heterocycles. The summed E-state index contributed by atoms with van der Waals surface area (Å²) < 4.78 is 5.77. The molecule has 1 rings (SSSR count). The van der Waals surface area contributed by atoms with Gasteiger partial charge < -0.3 is 10.1 Å². The summed E-state index contributed by atoms with van der Waals surface area (Å²) >= 11 is 0. The number of rotatable bonds is 13. The average molecular weight is 298 g/mol. The Labute approximate surface area is 133 Å². The molecule has 126 valence electrons. The third-order valence-electron chi connectivity index (χ3n) is 4.98. The van der Waals surface area contributed by atoms with Crippen LogP contribution in [0.3, 0.4) is 0 Å². The van der Waals surface area contributed by atoms with E-state index in [0.29, 0.717) is 12.1 Å². The number of unbranched alkanes of at least 4 members (excludes halogenated alkanes) is 7. The SMILES string of the molecule is CCCCCCCCCCC(NCCC)C1CCOC1C. The predicted octanol–water partition coefficient (Wildman–Crippen LogP) is 5.31. The fourth-order valence-electron chi connectivity index (χ4n) is 3.57. The molecule has 0 amide bonds. The van der Waals surface area contributed by atoms with Gasteiger partial charge in [0, 0.05) is 18.6 Å². The van der Waals surface area contributed by atoms with Crippen molar-refractivity contribution >= 4 is 0 Å². The molecule has 1 saturated heterocycles. The molecular weight excluding hydrogens is 258 g/mol. The Morgan fingerprint density at radius 3 is 2.19 bits per heavy atom. The van der Waals surface area contributed by atoms with Crippen molar-refractivity contribution in [3.8, 4) is 0 Å². The molecule has 0 saturated carbocycles. The number of hydrogen-bond donors (Lipinski definition) is 1. The molecule has 1 aliphatic rings. The van der Waals surface area contributed by atoms with Gasteiger partial charge in [-0.3, -0.25) is 0 Å². The fourth-order valence-corrected chi connectivity index (χ4v) is 3.57. The fraction of sp³-hybridized carbons (Fsp3) is 1.00. The minimum Gasteiger partial charge on any atom is -0.378 e. The van der Waals surface area contributed by atoms with Gasteiger partial charge in [0.05, 0.1) is 6.10 Å². The van der Waals surface area contributed by atoms with E-state index in [-0.39, 0.29) is 0 Å². The Morgan fingerprint density at radius 2 is 1.62 bits per heavy atom. The summed E-state index contributed by atoms with van der Waals surface area (Å²) in [5.41, 5.74) is 0. The first-order valence-electron chi connectivity index (χ1n) is 9.64. The lowest BCUT2D eigenvalue weighted by atomic mass is 9.89. The first-order valence-corrected chi connectivity index (χ1v) is 9.64. The monoisotopic (exact) mass is 297 g/mol. The highest BCUT2D eigenvalue weighted by atomic mass is 16.5. The lowest BCUT2D eigenvalue weighted by molar-refractivity contribution is 0.0939. The quantitative estimate of drug-likeness (QED) is 0.465. The van der Waals surface area contributed by atoms with Gasteiger partial charge in [-0.05, 0) is 32.7 Å². The van der Waals surface area contributed by atoms with E-state index in [4.69, 9.17) is 4.74 Å². The van der Waals surface area contributed by atoms with E-state index in [1.807, 2.05) is 0 Å². The average Bonchev–Trinajstić information content (AvgIpc) is 2.91. The standard InChI is InChI=1S/C19H39NO/c1-4-6-7-8-9-10-11-12-13-19(20-15-5-2)18-14-16-21-17(18)3/h17-20H,4-16H2,1-3H3. The van der Waals surface area contributed by atoms with Gasteiger partial charge in [0.2, 0.25) is 0 Å². The molecular formula is C19H39NO. The van der Waals surface area contributed by atoms with Crippen LogP contribution in [0.15, 0.2) is 0 Å². The second-order valence-electron chi connectivity index (χ2n) is 6.85. The van der Waals surface area contributed by atoms with Crippen molar-refractivity contribution in [3.63, 3.8) is 0 Å². The maximum Gasteiger partial charge on any atom is 0.0590 e. The topological polar surface area (TPSA) is 21.3 Å². The van der Waals surface area contributed by atoms with Crippen molar-refractivity contribution in [2.75, 3.05) is 13.2 Å². The summed E-state index contributed by atoms with van der Waals surface area (Å²) in [5, 5.41) is 3.78. The summed E-state index contributed by atoms with van der Waals surface area (Å²) in [6.45, 7) is 8.93. The molecule has 1 fully saturated rings. The lowest BCUT2D eigenvalue weighted by Gasteiger charge is -2.27. The second-order valence-corrected chi connectivity index (χ2v) is 6.85. The van der Waals surface area contributed by atoms with Crippen LogP contribution < -0.4 is 5.32 Å². The molecule has 3 unspecified atom stereocenters. The Morgan fingerprint density at radius 1 is 0.952 bits per heavy atom. The largest absolute Gasteiger partial charge is 0.378 e. The Hall–Kier alpha value is -0.0800. The van der Waals surface area contributed by atoms with Gasteiger partial charge in [0.1, 0.15) is 0 Å². The molecule has 1 heterocycles. The molecule has 2 heteroatoms. The zero-order chi connectivity index (χ0) is 15.3. The van der Waals surface area contributed by atoms with Gasteiger partial charge in [-0.2, -0.15) is 0 Å². The minimum atomic E-state index is 0.452. The van der Waals surface area contributed by atoms with Crippen LogP contribution in [-0.4, -0.2) is 25.3 Å². The van der Waals surface area contributed by atoms with Gasteiger partial charge in [-0.15, -0.1) is 0 Å². The molecule has 0 bridgehead atoms. The van der Waals surface area contributed by atoms with Crippen LogP contribution >= 0.6 is 0 Å². The third-order valence-corrected chi connectivity index (χ3v) is 4.98. The molecule has 2 nitrogen and oxygen atoms in total. The summed E-state index contributed by atoms with van der Waals surface area (Å²) in [5.74, 6) is 0.737. The summed E-state index contributed by atoms with van der Waals surface area (Å²) in [4.78, 5) is 0. The van der Waals surface area contributed by atoms with Gasteiger partial charge in [0.25, 0.3) is 0 Å². The van der Waals surface area contributed by atoms with E-state index >= 15 is 0 Å². The smallest absolute Gasteiger partial charge is 0.0590 e. The molecule has 0 aromatic rings.